The van der Waals surface area contributed by atoms with Gasteiger partial charge in [0.1, 0.15) is 0 Å². The molecule has 0 bridgehead atoms. The lowest BCUT2D eigenvalue weighted by atomic mass is 10.0. The Morgan fingerprint density at radius 3 is 2.88 bits per heavy atom. The summed E-state index contributed by atoms with van der Waals surface area (Å²) in [4.78, 5) is 2.65. The van der Waals surface area contributed by atoms with Crippen molar-refractivity contribution < 1.29 is 0 Å². The van der Waals surface area contributed by atoms with Gasteiger partial charge in [-0.2, -0.15) is 0 Å². The van der Waals surface area contributed by atoms with Gasteiger partial charge in [0.25, 0.3) is 0 Å². The van der Waals surface area contributed by atoms with Crippen molar-refractivity contribution in [2.24, 2.45) is 0 Å². The summed E-state index contributed by atoms with van der Waals surface area (Å²) < 4.78 is 0. The van der Waals surface area contributed by atoms with Crippen LogP contribution < -0.4 is 10.2 Å². The van der Waals surface area contributed by atoms with Gasteiger partial charge in [-0.3, -0.25) is 0 Å². The molecule has 1 saturated heterocycles. The molecule has 2 aliphatic heterocycles. The van der Waals surface area contributed by atoms with E-state index in [0.29, 0.717) is 12.1 Å². The van der Waals surface area contributed by atoms with Crippen LogP contribution in [0.25, 0.3) is 0 Å². The van der Waals surface area contributed by atoms with E-state index in [-0.39, 0.29) is 0 Å². The SMILES string of the molecule is Cc1ccc2c(c1C)N1[C@H](CNC[C@H]1C)C2. The Bertz CT molecular complexity index is 425. The highest BCUT2D eigenvalue weighted by atomic mass is 15.3. The van der Waals surface area contributed by atoms with E-state index >= 15 is 0 Å². The van der Waals surface area contributed by atoms with Crippen LogP contribution >= 0.6 is 0 Å². The van der Waals surface area contributed by atoms with Gasteiger partial charge >= 0.3 is 0 Å². The quantitative estimate of drug-likeness (QED) is 0.714. The molecule has 16 heavy (non-hydrogen) atoms. The molecule has 0 aliphatic carbocycles. The molecule has 0 saturated carbocycles. The zero-order chi connectivity index (χ0) is 11.3. The zero-order valence-corrected chi connectivity index (χ0v) is 10.4. The average molecular weight is 216 g/mol. The second-order valence-electron chi connectivity index (χ2n) is 5.29. The summed E-state index contributed by atoms with van der Waals surface area (Å²) >= 11 is 0. The molecular formula is C14H20N2. The van der Waals surface area contributed by atoms with Gasteiger partial charge in [0, 0.05) is 30.9 Å². The predicted molar refractivity (Wildman–Crippen MR) is 68.2 cm³/mol. The summed E-state index contributed by atoms with van der Waals surface area (Å²) in [6, 6.07) is 5.90. The van der Waals surface area contributed by atoms with Crippen molar-refractivity contribution in [3.05, 3.63) is 28.8 Å². The van der Waals surface area contributed by atoms with E-state index in [1.54, 1.807) is 5.56 Å². The van der Waals surface area contributed by atoms with Gasteiger partial charge in [0.05, 0.1) is 0 Å². The van der Waals surface area contributed by atoms with E-state index < -0.39 is 0 Å². The first-order valence-electron chi connectivity index (χ1n) is 6.26. The largest absolute Gasteiger partial charge is 0.363 e. The smallest absolute Gasteiger partial charge is 0.0459 e. The van der Waals surface area contributed by atoms with Crippen LogP contribution in [0.4, 0.5) is 5.69 Å². The van der Waals surface area contributed by atoms with Gasteiger partial charge in [-0.25, -0.2) is 0 Å². The predicted octanol–water partition coefficient (Wildman–Crippen LogP) is 2.03. The Morgan fingerprint density at radius 2 is 2.06 bits per heavy atom. The minimum Gasteiger partial charge on any atom is -0.363 e. The first-order valence-corrected chi connectivity index (χ1v) is 6.26. The third-order valence-electron chi connectivity index (χ3n) is 4.19. The highest BCUT2D eigenvalue weighted by Gasteiger charge is 2.35. The Labute approximate surface area is 97.6 Å². The third kappa shape index (κ3) is 1.29. The fourth-order valence-corrected chi connectivity index (χ4v) is 3.22. The highest BCUT2D eigenvalue weighted by Crippen LogP contribution is 2.38. The Balaban J connectivity index is 2.11. The molecule has 3 rings (SSSR count). The summed E-state index contributed by atoms with van der Waals surface area (Å²) in [6.45, 7) is 9.07. The van der Waals surface area contributed by atoms with E-state index in [9.17, 15) is 0 Å². The summed E-state index contributed by atoms with van der Waals surface area (Å²) in [5, 5.41) is 3.53. The number of fused-ring (bicyclic) bond motifs is 3. The molecule has 1 N–H and O–H groups in total. The van der Waals surface area contributed by atoms with Crippen molar-refractivity contribution in [1.29, 1.82) is 0 Å². The van der Waals surface area contributed by atoms with E-state index in [0.717, 1.165) is 13.1 Å². The second-order valence-corrected chi connectivity index (χ2v) is 5.29. The number of anilines is 1. The maximum atomic E-state index is 3.53. The lowest BCUT2D eigenvalue weighted by molar-refractivity contribution is 0.429. The van der Waals surface area contributed by atoms with Gasteiger partial charge < -0.3 is 10.2 Å². The van der Waals surface area contributed by atoms with Gasteiger partial charge in [-0.15, -0.1) is 0 Å². The molecule has 0 radical (unpaired) electrons. The van der Waals surface area contributed by atoms with Crippen LogP contribution in [-0.2, 0) is 6.42 Å². The normalized spacial score (nSPS) is 27.8. The Morgan fingerprint density at radius 1 is 1.25 bits per heavy atom. The molecule has 0 amide bonds. The lowest BCUT2D eigenvalue weighted by Crippen LogP contribution is -2.55. The van der Waals surface area contributed by atoms with E-state index in [1.807, 2.05) is 0 Å². The lowest BCUT2D eigenvalue weighted by Gasteiger charge is -2.39. The summed E-state index contributed by atoms with van der Waals surface area (Å²) in [7, 11) is 0. The fraction of sp³-hybridized carbons (Fsp3) is 0.571. The average Bonchev–Trinajstić information content (AvgIpc) is 2.64. The molecular weight excluding hydrogens is 196 g/mol. The first kappa shape index (κ1) is 10.2. The molecule has 0 unspecified atom stereocenters. The van der Waals surface area contributed by atoms with Crippen LogP contribution in [0.3, 0.4) is 0 Å². The molecule has 2 atom stereocenters. The van der Waals surface area contributed by atoms with Gasteiger partial charge in [0.15, 0.2) is 0 Å². The zero-order valence-electron chi connectivity index (χ0n) is 10.4. The standard InChI is InChI=1S/C14H20N2/c1-9-4-5-12-6-13-8-15-7-10(2)16(13)14(12)11(9)3/h4-5,10,13,15H,6-8H2,1-3H3/t10-,13+/m1/s1. The number of nitrogens with one attached hydrogen (secondary N) is 1. The minimum atomic E-state index is 0.625. The number of nitrogens with zero attached hydrogens (tertiary/aromatic N) is 1. The van der Waals surface area contributed by atoms with Crippen LogP contribution in [0.2, 0.25) is 0 Å². The van der Waals surface area contributed by atoms with Crippen molar-refractivity contribution >= 4 is 5.69 Å². The van der Waals surface area contributed by atoms with Crippen LogP contribution in [0.15, 0.2) is 12.1 Å². The van der Waals surface area contributed by atoms with Crippen molar-refractivity contribution in [2.75, 3.05) is 18.0 Å². The van der Waals surface area contributed by atoms with Crippen molar-refractivity contribution in [3.8, 4) is 0 Å². The highest BCUT2D eigenvalue weighted by molar-refractivity contribution is 5.67. The van der Waals surface area contributed by atoms with Crippen LogP contribution in [0.1, 0.15) is 23.6 Å². The summed E-state index contributed by atoms with van der Waals surface area (Å²) in [5.41, 5.74) is 5.97. The molecule has 2 heteroatoms. The van der Waals surface area contributed by atoms with Crippen molar-refractivity contribution in [1.82, 2.24) is 5.32 Å². The van der Waals surface area contributed by atoms with Crippen molar-refractivity contribution in [2.45, 2.75) is 39.3 Å². The van der Waals surface area contributed by atoms with Gasteiger partial charge in [-0.1, -0.05) is 12.1 Å². The number of piperazine rings is 1. The molecule has 86 valence electrons. The summed E-state index contributed by atoms with van der Waals surface area (Å²) in [6.07, 6.45) is 1.22. The maximum Gasteiger partial charge on any atom is 0.0459 e. The molecule has 1 aromatic rings. The summed E-state index contributed by atoms with van der Waals surface area (Å²) in [5.74, 6) is 0. The van der Waals surface area contributed by atoms with Gasteiger partial charge in [-0.05, 0) is 43.9 Å². The molecule has 0 aromatic heterocycles. The maximum absolute atomic E-state index is 3.53. The Kier molecular flexibility index (Phi) is 2.21. The molecule has 0 spiro atoms. The number of hydrogen-bond acceptors (Lipinski definition) is 2. The molecule has 2 nitrogen and oxygen atoms in total. The van der Waals surface area contributed by atoms with E-state index in [4.69, 9.17) is 0 Å². The van der Waals surface area contributed by atoms with Crippen LogP contribution in [0.5, 0.6) is 0 Å². The number of hydrogen-bond donors (Lipinski definition) is 1. The molecule has 2 heterocycles. The third-order valence-corrected chi connectivity index (χ3v) is 4.19. The second kappa shape index (κ2) is 3.49. The van der Waals surface area contributed by atoms with Crippen LogP contribution in [0, 0.1) is 13.8 Å². The number of rotatable bonds is 0. The monoisotopic (exact) mass is 216 g/mol. The molecule has 1 fully saturated rings. The van der Waals surface area contributed by atoms with E-state index in [2.05, 4.69) is 43.1 Å². The molecule has 2 aliphatic rings. The molecule has 1 aromatic carbocycles. The van der Waals surface area contributed by atoms with Gasteiger partial charge in [0.2, 0.25) is 0 Å². The Hall–Kier alpha value is -1.02. The fourth-order valence-electron chi connectivity index (χ4n) is 3.22. The van der Waals surface area contributed by atoms with E-state index in [1.165, 1.54) is 23.2 Å². The van der Waals surface area contributed by atoms with Crippen LogP contribution in [-0.4, -0.2) is 25.2 Å². The van der Waals surface area contributed by atoms with Crippen molar-refractivity contribution in [3.63, 3.8) is 0 Å². The number of aryl methyl sites for hydroxylation is 1. The topological polar surface area (TPSA) is 15.3 Å². The number of benzene rings is 1. The first-order chi connectivity index (χ1) is 7.68. The minimum absolute atomic E-state index is 0.625.